The Kier molecular flexibility index (Phi) is 5.52. The molecule has 0 unspecified atom stereocenters. The molecule has 0 fully saturated rings. The fourth-order valence-corrected chi connectivity index (χ4v) is 2.05. The van der Waals surface area contributed by atoms with Crippen LogP contribution in [0.5, 0.6) is 0 Å². The standard InChI is InChI=1S/C19H24N4/c1-5-16(4)21-22-19(20)23(17-10-6-14(2)7-11-17)18-12-8-15(3)9-13-18/h6-13H,5H2,1-4H3,(H2,20,22). The van der Waals surface area contributed by atoms with Gasteiger partial charge in [0.15, 0.2) is 0 Å². The smallest absolute Gasteiger partial charge is 0.225 e. The van der Waals surface area contributed by atoms with Crippen molar-refractivity contribution in [2.24, 2.45) is 15.9 Å². The average molecular weight is 308 g/mol. The van der Waals surface area contributed by atoms with Crippen LogP contribution in [0.1, 0.15) is 31.4 Å². The number of hydrogen-bond acceptors (Lipinski definition) is 2. The van der Waals surface area contributed by atoms with Crippen molar-refractivity contribution in [2.75, 3.05) is 4.90 Å². The predicted octanol–water partition coefficient (Wildman–Crippen LogP) is 4.54. The monoisotopic (exact) mass is 308 g/mol. The number of benzene rings is 2. The summed E-state index contributed by atoms with van der Waals surface area (Å²) in [6.07, 6.45) is 0.853. The SMILES string of the molecule is CCC(C)=NN=C(N)N(c1ccc(C)cc1)c1ccc(C)cc1. The fraction of sp³-hybridized carbons (Fsp3) is 0.263. The Morgan fingerprint density at radius 2 is 1.30 bits per heavy atom. The Morgan fingerprint density at radius 3 is 1.70 bits per heavy atom. The van der Waals surface area contributed by atoms with Gasteiger partial charge < -0.3 is 5.73 Å². The van der Waals surface area contributed by atoms with Gasteiger partial charge in [0, 0.05) is 17.1 Å². The van der Waals surface area contributed by atoms with Crippen molar-refractivity contribution in [3.8, 4) is 0 Å². The molecule has 0 saturated heterocycles. The first-order valence-corrected chi connectivity index (χ1v) is 7.81. The first-order chi connectivity index (χ1) is 11.0. The summed E-state index contributed by atoms with van der Waals surface area (Å²) in [6.45, 7) is 8.11. The summed E-state index contributed by atoms with van der Waals surface area (Å²) in [5.74, 6) is 0.352. The second kappa shape index (κ2) is 7.58. The maximum atomic E-state index is 6.23. The molecule has 0 radical (unpaired) electrons. The second-order valence-electron chi connectivity index (χ2n) is 5.65. The molecular weight excluding hydrogens is 284 g/mol. The number of nitrogens with zero attached hydrogens (tertiary/aromatic N) is 3. The molecule has 2 aromatic carbocycles. The Balaban J connectivity index is 2.46. The van der Waals surface area contributed by atoms with Crippen LogP contribution < -0.4 is 10.6 Å². The van der Waals surface area contributed by atoms with Crippen LogP contribution in [0.2, 0.25) is 0 Å². The molecule has 2 aromatic rings. The normalized spacial score (nSPS) is 12.3. The lowest BCUT2D eigenvalue weighted by Crippen LogP contribution is -2.33. The van der Waals surface area contributed by atoms with Gasteiger partial charge in [0.2, 0.25) is 5.96 Å². The van der Waals surface area contributed by atoms with Gasteiger partial charge in [0.1, 0.15) is 0 Å². The van der Waals surface area contributed by atoms with Gasteiger partial charge in [-0.25, -0.2) is 0 Å². The third kappa shape index (κ3) is 4.42. The molecular formula is C19H24N4. The van der Waals surface area contributed by atoms with Gasteiger partial charge >= 0.3 is 0 Å². The van der Waals surface area contributed by atoms with Crippen molar-refractivity contribution in [1.82, 2.24) is 0 Å². The quantitative estimate of drug-likeness (QED) is 0.512. The van der Waals surface area contributed by atoms with E-state index in [-0.39, 0.29) is 0 Å². The summed E-state index contributed by atoms with van der Waals surface area (Å²) in [7, 11) is 0. The predicted molar refractivity (Wildman–Crippen MR) is 99.5 cm³/mol. The summed E-state index contributed by atoms with van der Waals surface area (Å²) in [5.41, 5.74) is 11.5. The molecule has 0 aliphatic heterocycles. The van der Waals surface area contributed by atoms with Crippen molar-refractivity contribution < 1.29 is 0 Å². The van der Waals surface area contributed by atoms with Gasteiger partial charge in [-0.2, -0.15) is 5.10 Å². The summed E-state index contributed by atoms with van der Waals surface area (Å²) in [6, 6.07) is 16.4. The minimum Gasteiger partial charge on any atom is -0.368 e. The molecule has 0 aliphatic carbocycles. The number of aryl methyl sites for hydroxylation is 2. The molecule has 4 nitrogen and oxygen atoms in total. The molecule has 2 rings (SSSR count). The Morgan fingerprint density at radius 1 is 0.870 bits per heavy atom. The molecule has 4 heteroatoms. The number of hydrogen-bond donors (Lipinski definition) is 1. The van der Waals surface area contributed by atoms with E-state index in [2.05, 4.69) is 48.3 Å². The van der Waals surface area contributed by atoms with E-state index in [4.69, 9.17) is 5.73 Å². The molecule has 0 aromatic heterocycles. The Hall–Kier alpha value is -2.62. The van der Waals surface area contributed by atoms with Gasteiger partial charge in [-0.15, -0.1) is 5.10 Å². The van der Waals surface area contributed by atoms with Gasteiger partial charge in [-0.05, 0) is 51.5 Å². The lowest BCUT2D eigenvalue weighted by atomic mass is 10.2. The molecule has 0 bridgehead atoms. The maximum absolute atomic E-state index is 6.23. The highest BCUT2D eigenvalue weighted by molar-refractivity contribution is 6.02. The van der Waals surface area contributed by atoms with Crippen LogP contribution in [0.3, 0.4) is 0 Å². The molecule has 0 saturated carbocycles. The molecule has 120 valence electrons. The molecule has 0 spiro atoms. The fourth-order valence-electron chi connectivity index (χ4n) is 2.05. The lowest BCUT2D eigenvalue weighted by Gasteiger charge is -2.23. The molecule has 0 heterocycles. The zero-order chi connectivity index (χ0) is 16.8. The minimum atomic E-state index is 0.352. The van der Waals surface area contributed by atoms with E-state index in [9.17, 15) is 0 Å². The van der Waals surface area contributed by atoms with Crippen molar-refractivity contribution in [3.05, 3.63) is 59.7 Å². The Bertz CT molecular complexity index is 652. The highest BCUT2D eigenvalue weighted by atomic mass is 15.4. The highest BCUT2D eigenvalue weighted by Gasteiger charge is 2.13. The van der Waals surface area contributed by atoms with Crippen LogP contribution in [0.15, 0.2) is 58.7 Å². The topological polar surface area (TPSA) is 54.0 Å². The number of anilines is 2. The molecule has 0 amide bonds. The number of guanidine groups is 1. The first kappa shape index (κ1) is 16.7. The van der Waals surface area contributed by atoms with Crippen molar-refractivity contribution in [1.29, 1.82) is 0 Å². The third-order valence-electron chi connectivity index (χ3n) is 3.65. The number of nitrogens with two attached hydrogens (primary N) is 1. The van der Waals surface area contributed by atoms with Gasteiger partial charge in [-0.3, -0.25) is 4.90 Å². The van der Waals surface area contributed by atoms with E-state index in [0.29, 0.717) is 5.96 Å². The van der Waals surface area contributed by atoms with Gasteiger partial charge in [0.25, 0.3) is 0 Å². The van der Waals surface area contributed by atoms with E-state index in [1.807, 2.05) is 43.0 Å². The van der Waals surface area contributed by atoms with Crippen LogP contribution in [0, 0.1) is 13.8 Å². The molecule has 2 N–H and O–H groups in total. The van der Waals surface area contributed by atoms with E-state index >= 15 is 0 Å². The lowest BCUT2D eigenvalue weighted by molar-refractivity contribution is 1.13. The third-order valence-corrected chi connectivity index (χ3v) is 3.65. The molecule has 0 atom stereocenters. The van der Waals surface area contributed by atoms with Crippen molar-refractivity contribution >= 4 is 23.0 Å². The minimum absolute atomic E-state index is 0.352. The van der Waals surface area contributed by atoms with Crippen molar-refractivity contribution in [2.45, 2.75) is 34.1 Å². The number of rotatable bonds is 4. The van der Waals surface area contributed by atoms with E-state index in [0.717, 1.165) is 23.5 Å². The zero-order valence-corrected chi connectivity index (χ0v) is 14.2. The largest absolute Gasteiger partial charge is 0.368 e. The first-order valence-electron chi connectivity index (χ1n) is 7.81. The molecule has 23 heavy (non-hydrogen) atoms. The van der Waals surface area contributed by atoms with Crippen LogP contribution in [0.4, 0.5) is 11.4 Å². The summed E-state index contributed by atoms with van der Waals surface area (Å²) >= 11 is 0. The van der Waals surface area contributed by atoms with Gasteiger partial charge in [0.05, 0.1) is 0 Å². The van der Waals surface area contributed by atoms with Gasteiger partial charge in [-0.1, -0.05) is 42.3 Å². The maximum Gasteiger partial charge on any atom is 0.225 e. The zero-order valence-electron chi connectivity index (χ0n) is 14.2. The Labute approximate surface area is 138 Å². The van der Waals surface area contributed by atoms with E-state index < -0.39 is 0 Å². The van der Waals surface area contributed by atoms with Crippen LogP contribution in [0.25, 0.3) is 0 Å². The van der Waals surface area contributed by atoms with Crippen LogP contribution in [-0.4, -0.2) is 11.7 Å². The summed E-state index contributed by atoms with van der Waals surface area (Å²) in [5, 5.41) is 8.39. The van der Waals surface area contributed by atoms with E-state index in [1.165, 1.54) is 11.1 Å². The molecule has 0 aliphatic rings. The van der Waals surface area contributed by atoms with E-state index in [1.54, 1.807) is 0 Å². The average Bonchev–Trinajstić information content (AvgIpc) is 2.56. The summed E-state index contributed by atoms with van der Waals surface area (Å²) in [4.78, 5) is 1.91. The van der Waals surface area contributed by atoms with Crippen molar-refractivity contribution in [3.63, 3.8) is 0 Å². The van der Waals surface area contributed by atoms with Crippen LogP contribution >= 0.6 is 0 Å². The summed E-state index contributed by atoms with van der Waals surface area (Å²) < 4.78 is 0. The second-order valence-corrected chi connectivity index (χ2v) is 5.65. The van der Waals surface area contributed by atoms with Crippen LogP contribution in [-0.2, 0) is 0 Å². The highest BCUT2D eigenvalue weighted by Crippen LogP contribution is 2.25.